The number of aliphatic hydroxyl groups is 1. The van der Waals surface area contributed by atoms with Crippen LogP contribution in [0.15, 0.2) is 60.8 Å². The molecular weight excluding hydrogens is 643 g/mol. The van der Waals surface area contributed by atoms with Gasteiger partial charge in [-0.2, -0.15) is 8.42 Å². The first-order chi connectivity index (χ1) is 24.3. The van der Waals surface area contributed by atoms with E-state index in [1.807, 2.05) is 0 Å². The highest BCUT2D eigenvalue weighted by atomic mass is 32.2. The van der Waals surface area contributed by atoms with Crippen LogP contribution in [0.5, 0.6) is 0 Å². The predicted octanol–water partition coefficient (Wildman–Crippen LogP) is 12.1. The largest absolute Gasteiger partial charge is 0.387 e. The summed E-state index contributed by atoms with van der Waals surface area (Å²) in [5.41, 5.74) is 0. The minimum atomic E-state index is -4.36. The number of carbonyl (C=O) groups excluding carboxylic acids is 1. The first-order valence-electron chi connectivity index (χ1n) is 20.5. The molecule has 0 rings (SSSR count). The number of nitrogens with one attached hydrogen (secondary N) is 1. The van der Waals surface area contributed by atoms with Crippen molar-refractivity contribution >= 4 is 16.0 Å². The fourth-order valence-corrected chi connectivity index (χ4v) is 6.53. The van der Waals surface area contributed by atoms with Crippen LogP contribution in [0.2, 0.25) is 0 Å². The maximum absolute atomic E-state index is 12.5. The molecule has 0 heterocycles. The monoisotopic (exact) mass is 720 g/mol. The molecule has 0 aliphatic carbocycles. The van der Waals surface area contributed by atoms with Gasteiger partial charge in [0.05, 0.1) is 17.9 Å². The summed E-state index contributed by atoms with van der Waals surface area (Å²) in [6.45, 7) is 4.48. The molecule has 0 spiro atoms. The molecule has 1 amide bonds. The molecule has 6 nitrogen and oxygen atoms in total. The van der Waals surface area contributed by atoms with Crippen LogP contribution in [0.1, 0.15) is 187 Å². The molecule has 0 fully saturated rings. The summed E-state index contributed by atoms with van der Waals surface area (Å²) >= 11 is 0. The summed E-state index contributed by atoms with van der Waals surface area (Å²) in [6, 6.07) is -1.09. The zero-order valence-corrected chi connectivity index (χ0v) is 33.1. The summed E-state index contributed by atoms with van der Waals surface area (Å²) in [5, 5.41) is 13.2. The number of allylic oxidation sites excluding steroid dienone is 9. The molecular formula is C43H77NO5S. The van der Waals surface area contributed by atoms with Crippen LogP contribution in [0.4, 0.5) is 0 Å². The normalized spacial score (nSPS) is 13.9. The average Bonchev–Trinajstić information content (AvgIpc) is 3.08. The van der Waals surface area contributed by atoms with E-state index >= 15 is 0 Å². The van der Waals surface area contributed by atoms with Crippen molar-refractivity contribution in [2.45, 2.75) is 199 Å². The smallest absolute Gasteiger partial charge is 0.267 e. The van der Waals surface area contributed by atoms with Gasteiger partial charge in [0.25, 0.3) is 10.1 Å². The van der Waals surface area contributed by atoms with Gasteiger partial charge >= 0.3 is 0 Å². The minimum absolute atomic E-state index is 0.266. The van der Waals surface area contributed by atoms with E-state index in [0.717, 1.165) is 64.2 Å². The number of rotatable bonds is 36. The third-order valence-electron chi connectivity index (χ3n) is 8.89. The van der Waals surface area contributed by atoms with Crippen LogP contribution in [-0.4, -0.2) is 41.9 Å². The summed E-state index contributed by atoms with van der Waals surface area (Å²) in [6.07, 6.45) is 50.7. The van der Waals surface area contributed by atoms with Crippen LogP contribution in [0.3, 0.4) is 0 Å². The highest BCUT2D eigenvalue weighted by molar-refractivity contribution is 7.85. The number of unbranched alkanes of at least 4 members (excludes halogenated alkanes) is 20. The van der Waals surface area contributed by atoms with Gasteiger partial charge in [0, 0.05) is 6.42 Å². The van der Waals surface area contributed by atoms with Gasteiger partial charge in [0.15, 0.2) is 0 Å². The third kappa shape index (κ3) is 37.3. The van der Waals surface area contributed by atoms with E-state index in [9.17, 15) is 22.9 Å². The van der Waals surface area contributed by atoms with Crippen molar-refractivity contribution < 1.29 is 22.9 Å². The second-order valence-electron chi connectivity index (χ2n) is 13.9. The van der Waals surface area contributed by atoms with Gasteiger partial charge in [-0.1, -0.05) is 171 Å². The van der Waals surface area contributed by atoms with E-state index < -0.39 is 28.0 Å². The quantitative estimate of drug-likeness (QED) is 0.0340. The maximum Gasteiger partial charge on any atom is 0.267 e. The summed E-state index contributed by atoms with van der Waals surface area (Å²) in [4.78, 5) is 12.5. The van der Waals surface area contributed by atoms with E-state index in [2.05, 4.69) is 67.8 Å². The molecule has 0 aliphatic rings. The first-order valence-corrected chi connectivity index (χ1v) is 22.1. The molecule has 0 saturated heterocycles. The van der Waals surface area contributed by atoms with Crippen molar-refractivity contribution in [3.63, 3.8) is 0 Å². The van der Waals surface area contributed by atoms with Gasteiger partial charge in [-0.15, -0.1) is 0 Å². The highest BCUT2D eigenvalue weighted by Gasteiger charge is 2.24. The van der Waals surface area contributed by atoms with Crippen molar-refractivity contribution in [3.8, 4) is 0 Å². The number of carbonyl (C=O) groups is 1. The van der Waals surface area contributed by atoms with Gasteiger partial charge < -0.3 is 10.4 Å². The standard InChI is InChI=1S/C43H77NO5S/c1-3-5-7-9-11-13-15-17-19-20-21-22-23-24-25-26-28-30-32-34-36-38-42(45)41(40-50(47,48)49)44-43(46)39-37-35-33-31-29-27-18-16-14-12-10-8-6-4-2/h10,12,16,18,23-24,28,30,36,38,41-42,45H,3-9,11,13-15,17,19-22,25-27,29,31-35,37,39-40H2,1-2H3,(H,44,46)(H,47,48,49)/b12-10-,18-16-,24-23+,30-28+,38-36+. The van der Waals surface area contributed by atoms with Gasteiger partial charge in [0.1, 0.15) is 0 Å². The Morgan fingerprint density at radius 1 is 0.540 bits per heavy atom. The Balaban J connectivity index is 4.03. The summed E-state index contributed by atoms with van der Waals surface area (Å²) < 4.78 is 32.4. The molecule has 0 aromatic carbocycles. The molecule has 0 aromatic rings. The summed E-state index contributed by atoms with van der Waals surface area (Å²) in [5.74, 6) is -1.03. The van der Waals surface area contributed by atoms with Crippen LogP contribution in [-0.2, 0) is 14.9 Å². The van der Waals surface area contributed by atoms with Gasteiger partial charge in [-0.3, -0.25) is 9.35 Å². The average molecular weight is 720 g/mol. The maximum atomic E-state index is 12.5. The Morgan fingerprint density at radius 2 is 0.940 bits per heavy atom. The first kappa shape index (κ1) is 48.0. The molecule has 290 valence electrons. The molecule has 0 saturated carbocycles. The Labute approximate surface area is 309 Å². The van der Waals surface area contributed by atoms with Crippen molar-refractivity contribution in [2.75, 3.05) is 5.75 Å². The van der Waals surface area contributed by atoms with Crippen LogP contribution in [0.25, 0.3) is 0 Å². The van der Waals surface area contributed by atoms with Crippen LogP contribution in [0, 0.1) is 0 Å². The highest BCUT2D eigenvalue weighted by Crippen LogP contribution is 2.13. The second-order valence-corrected chi connectivity index (χ2v) is 15.4. The molecule has 50 heavy (non-hydrogen) atoms. The molecule has 3 N–H and O–H groups in total. The van der Waals surface area contributed by atoms with Crippen molar-refractivity contribution in [1.29, 1.82) is 0 Å². The Kier molecular flexibility index (Phi) is 35.4. The zero-order valence-electron chi connectivity index (χ0n) is 32.3. The second kappa shape index (κ2) is 36.8. The third-order valence-corrected chi connectivity index (χ3v) is 9.67. The van der Waals surface area contributed by atoms with Crippen molar-refractivity contribution in [3.05, 3.63) is 60.8 Å². The number of aliphatic hydroxyl groups excluding tert-OH is 1. The minimum Gasteiger partial charge on any atom is -0.387 e. The Hall–Kier alpha value is -1.96. The van der Waals surface area contributed by atoms with E-state index in [1.54, 1.807) is 6.08 Å². The molecule has 0 radical (unpaired) electrons. The van der Waals surface area contributed by atoms with E-state index in [0.29, 0.717) is 12.8 Å². The number of amides is 1. The Morgan fingerprint density at radius 3 is 1.44 bits per heavy atom. The topological polar surface area (TPSA) is 104 Å². The molecule has 0 aliphatic heterocycles. The molecule has 2 unspecified atom stereocenters. The lowest BCUT2D eigenvalue weighted by Crippen LogP contribution is -2.46. The van der Waals surface area contributed by atoms with E-state index in [4.69, 9.17) is 0 Å². The zero-order chi connectivity index (χ0) is 36.8. The summed E-state index contributed by atoms with van der Waals surface area (Å²) in [7, 11) is -4.36. The van der Waals surface area contributed by atoms with Crippen LogP contribution >= 0.6 is 0 Å². The fourth-order valence-electron chi connectivity index (χ4n) is 5.79. The molecule has 0 aromatic heterocycles. The van der Waals surface area contributed by atoms with Gasteiger partial charge in [-0.25, -0.2) is 0 Å². The van der Waals surface area contributed by atoms with Crippen LogP contribution < -0.4 is 5.32 Å². The lowest BCUT2D eigenvalue weighted by molar-refractivity contribution is -0.122. The van der Waals surface area contributed by atoms with Crippen molar-refractivity contribution in [1.82, 2.24) is 5.32 Å². The predicted molar refractivity (Wildman–Crippen MR) is 216 cm³/mol. The SMILES string of the molecule is CCCC/C=C\C/C=C\CCCCCCCC(=O)NC(CS(=O)(=O)O)C(O)/C=C/CC/C=C/CC/C=C/CCCCCCCCCCCCC. The van der Waals surface area contributed by atoms with Gasteiger partial charge in [0.2, 0.25) is 5.91 Å². The molecule has 0 bridgehead atoms. The number of hydrogen-bond donors (Lipinski definition) is 3. The molecule has 7 heteroatoms. The fraction of sp³-hybridized carbons (Fsp3) is 0.744. The lowest BCUT2D eigenvalue weighted by atomic mass is 10.1. The Bertz CT molecular complexity index is 1010. The molecule has 2 atom stereocenters. The van der Waals surface area contributed by atoms with E-state index in [1.165, 1.54) is 96.0 Å². The number of hydrogen-bond acceptors (Lipinski definition) is 4. The lowest BCUT2D eigenvalue weighted by Gasteiger charge is -2.21. The van der Waals surface area contributed by atoms with Gasteiger partial charge in [-0.05, 0) is 70.6 Å². The van der Waals surface area contributed by atoms with E-state index in [-0.39, 0.29) is 12.3 Å². The van der Waals surface area contributed by atoms with Crippen molar-refractivity contribution in [2.24, 2.45) is 0 Å².